The van der Waals surface area contributed by atoms with Crippen molar-refractivity contribution in [1.82, 2.24) is 9.78 Å². The number of carboxylic acids is 1. The zero-order valence-electron chi connectivity index (χ0n) is 8.16. The van der Waals surface area contributed by atoms with Crippen molar-refractivity contribution in [2.45, 2.75) is 6.92 Å². The van der Waals surface area contributed by atoms with Gasteiger partial charge in [0.15, 0.2) is 0 Å². The summed E-state index contributed by atoms with van der Waals surface area (Å²) in [6.45, 7) is 1.29. The number of carbonyl (C=O) groups excluding carboxylic acids is 1. The third-order valence-corrected chi connectivity index (χ3v) is 1.38. The van der Waals surface area contributed by atoms with E-state index in [0.29, 0.717) is 0 Å². The maximum absolute atomic E-state index is 10.7. The third-order valence-electron chi connectivity index (χ3n) is 1.38. The molecule has 0 aliphatic heterocycles. The first-order valence-electron chi connectivity index (χ1n) is 3.48. The Balaban J connectivity index is 0.00000169. The molecule has 70 valence electrons. The van der Waals surface area contributed by atoms with Gasteiger partial charge in [0.2, 0.25) is 11.9 Å². The van der Waals surface area contributed by atoms with Crippen LogP contribution in [0.5, 0.6) is 0 Å². The van der Waals surface area contributed by atoms with E-state index < -0.39 is 5.97 Å². The van der Waals surface area contributed by atoms with Crippen molar-refractivity contribution in [3.8, 4) is 0 Å². The average Bonchev–Trinajstić information content (AvgIpc) is 2.32. The predicted molar refractivity (Wildman–Crippen MR) is 43.3 cm³/mol. The van der Waals surface area contributed by atoms with Crippen molar-refractivity contribution in [2.75, 3.05) is 5.32 Å². The molecule has 0 fully saturated rings. The Bertz CT molecular complexity index is 361. The van der Waals surface area contributed by atoms with E-state index in [-0.39, 0.29) is 75.5 Å². The molecule has 6 nitrogen and oxygen atoms in total. The number of aromatic carboxylic acids is 1. The van der Waals surface area contributed by atoms with Crippen molar-refractivity contribution in [1.29, 1.82) is 0 Å². The Morgan fingerprint density at radius 1 is 1.57 bits per heavy atom. The van der Waals surface area contributed by atoms with Gasteiger partial charge in [-0.1, -0.05) is 0 Å². The molecule has 0 bridgehead atoms. The Morgan fingerprint density at radius 2 is 2.14 bits per heavy atom. The quantitative estimate of drug-likeness (QED) is 0.556. The largest absolute Gasteiger partial charge is 1.00 e. The molecule has 1 aromatic heterocycles. The number of aryl methyl sites for hydroxylation is 1. The van der Waals surface area contributed by atoms with Gasteiger partial charge >= 0.3 is 58.2 Å². The molecule has 0 saturated heterocycles. The molecule has 0 saturated carbocycles. The summed E-state index contributed by atoms with van der Waals surface area (Å²) in [7, 11) is 1.52. The second-order valence-electron chi connectivity index (χ2n) is 2.45. The zero-order chi connectivity index (χ0) is 10.0. The molecule has 1 aromatic rings. The SMILES string of the molecule is CC(=O)Nc1c(C(=O)O)[c-]nn1C.[Rb+]. The zero-order valence-corrected chi connectivity index (χ0v) is 13.1. The molecule has 1 rings (SSSR count). The summed E-state index contributed by atoms with van der Waals surface area (Å²) in [5.41, 5.74) is -0.141. The third kappa shape index (κ3) is 3.27. The molecule has 0 atom stereocenters. The number of rotatable bonds is 2. The van der Waals surface area contributed by atoms with Crippen LogP contribution in [0.15, 0.2) is 0 Å². The fourth-order valence-corrected chi connectivity index (χ4v) is 0.849. The van der Waals surface area contributed by atoms with Crippen LogP contribution in [0.25, 0.3) is 0 Å². The van der Waals surface area contributed by atoms with E-state index in [0.717, 1.165) is 0 Å². The molecule has 0 aliphatic rings. The van der Waals surface area contributed by atoms with E-state index in [1.807, 2.05) is 0 Å². The van der Waals surface area contributed by atoms with Gasteiger partial charge in [0.1, 0.15) is 0 Å². The maximum atomic E-state index is 10.7. The molecule has 14 heavy (non-hydrogen) atoms. The van der Waals surface area contributed by atoms with Crippen LogP contribution in [0, 0.1) is 6.20 Å². The molecule has 0 aromatic carbocycles. The van der Waals surface area contributed by atoms with Gasteiger partial charge in [-0.15, -0.1) is 0 Å². The number of nitrogens with zero attached hydrogens (tertiary/aromatic N) is 2. The van der Waals surface area contributed by atoms with Crippen LogP contribution in [0.2, 0.25) is 0 Å². The molecule has 0 spiro atoms. The van der Waals surface area contributed by atoms with Gasteiger partial charge in [-0.2, -0.15) is 0 Å². The minimum absolute atomic E-state index is 0. The second kappa shape index (κ2) is 5.74. The van der Waals surface area contributed by atoms with Crippen LogP contribution in [0.4, 0.5) is 5.82 Å². The minimum Gasteiger partial charge on any atom is -0.535 e. The topological polar surface area (TPSA) is 84.2 Å². The molecule has 1 heterocycles. The minimum atomic E-state index is -1.17. The molecule has 0 unspecified atom stereocenters. The molecule has 2 N–H and O–H groups in total. The van der Waals surface area contributed by atoms with E-state index in [4.69, 9.17) is 5.11 Å². The van der Waals surface area contributed by atoms with Gasteiger partial charge in [-0.3, -0.25) is 9.89 Å². The molecular formula is C7H8N3O3Rb. The Morgan fingerprint density at radius 3 is 2.57 bits per heavy atom. The summed E-state index contributed by atoms with van der Waals surface area (Å²) in [6, 6.07) is 0. The van der Waals surface area contributed by atoms with Crippen LogP contribution in [0.3, 0.4) is 0 Å². The number of amides is 1. The van der Waals surface area contributed by atoms with E-state index in [1.165, 1.54) is 18.7 Å². The van der Waals surface area contributed by atoms with E-state index in [2.05, 4.69) is 16.6 Å². The monoisotopic (exact) mass is 267 g/mol. The molecule has 7 heteroatoms. The first-order chi connectivity index (χ1) is 6.02. The van der Waals surface area contributed by atoms with Gasteiger partial charge in [0.05, 0.1) is 0 Å². The summed E-state index contributed by atoms with van der Waals surface area (Å²) >= 11 is 0. The fourth-order valence-electron chi connectivity index (χ4n) is 0.849. The summed E-state index contributed by atoms with van der Waals surface area (Å²) in [5, 5.41) is 14.6. The first kappa shape index (κ1) is 14.0. The normalized spacial score (nSPS) is 9.00. The smallest absolute Gasteiger partial charge is 0.535 e. The first-order valence-corrected chi connectivity index (χ1v) is 3.48. The van der Waals surface area contributed by atoms with Crippen LogP contribution < -0.4 is 63.5 Å². The summed E-state index contributed by atoms with van der Waals surface area (Å²) in [4.78, 5) is 21.3. The van der Waals surface area contributed by atoms with E-state index >= 15 is 0 Å². The second-order valence-corrected chi connectivity index (χ2v) is 2.45. The van der Waals surface area contributed by atoms with E-state index in [1.54, 1.807) is 0 Å². The fraction of sp³-hybridized carbons (Fsp3) is 0.286. The van der Waals surface area contributed by atoms with Gasteiger partial charge in [-0.25, -0.2) is 0 Å². The standard InChI is InChI=1S/C7H8N3O3.Rb/c1-4(11)9-6-5(7(12)13)3-8-10(6)2;/h1-2H3,(H,9,11)(H,12,13);/q-1;+1. The number of anilines is 1. The molecule has 0 radical (unpaired) electrons. The summed E-state index contributed by atoms with van der Waals surface area (Å²) in [6.07, 6.45) is 2.28. The van der Waals surface area contributed by atoms with Crippen LogP contribution in [0.1, 0.15) is 17.3 Å². The van der Waals surface area contributed by atoms with Crippen LogP contribution in [-0.4, -0.2) is 26.8 Å². The summed E-state index contributed by atoms with van der Waals surface area (Å²) < 4.78 is 1.24. The van der Waals surface area contributed by atoms with Gasteiger partial charge in [-0.05, 0) is 11.8 Å². The average molecular weight is 268 g/mol. The van der Waals surface area contributed by atoms with Crippen molar-refractivity contribution < 1.29 is 72.9 Å². The number of hydrogen-bond donors (Lipinski definition) is 2. The number of nitrogens with one attached hydrogen (secondary N) is 1. The Kier molecular flexibility index (Phi) is 5.73. The maximum Gasteiger partial charge on any atom is 1.00 e. The van der Waals surface area contributed by atoms with Crippen molar-refractivity contribution >= 4 is 17.7 Å². The number of aromatic nitrogens is 2. The van der Waals surface area contributed by atoms with Gasteiger partial charge in [0.25, 0.3) is 0 Å². The Hall–Kier alpha value is -0.0448. The number of carbonyl (C=O) groups is 2. The van der Waals surface area contributed by atoms with Gasteiger partial charge in [0, 0.05) is 19.8 Å². The molecule has 1 amide bonds. The van der Waals surface area contributed by atoms with E-state index in [9.17, 15) is 9.59 Å². The van der Waals surface area contributed by atoms with Gasteiger partial charge < -0.3 is 19.9 Å². The van der Waals surface area contributed by atoms with Crippen molar-refractivity contribution in [3.05, 3.63) is 11.8 Å². The van der Waals surface area contributed by atoms with Crippen LogP contribution >= 0.6 is 0 Å². The molecular weight excluding hydrogens is 260 g/mol. The summed E-state index contributed by atoms with van der Waals surface area (Å²) in [5.74, 6) is -1.38. The van der Waals surface area contributed by atoms with Crippen molar-refractivity contribution in [2.24, 2.45) is 7.05 Å². The van der Waals surface area contributed by atoms with Crippen LogP contribution in [-0.2, 0) is 11.8 Å². The molecule has 0 aliphatic carbocycles. The Labute approximate surface area is 129 Å². The van der Waals surface area contributed by atoms with Crippen molar-refractivity contribution in [3.63, 3.8) is 0 Å². The number of carboxylic acid groups (broad SMARTS) is 1. The predicted octanol–water partition coefficient (Wildman–Crippen LogP) is -3.12. The number of hydrogen-bond acceptors (Lipinski definition) is 3.